The van der Waals surface area contributed by atoms with Gasteiger partial charge in [0.15, 0.2) is 12.3 Å². The minimum absolute atomic E-state index is 0.0263. The predicted molar refractivity (Wildman–Crippen MR) is 241 cm³/mol. The number of hydrogen-bond donors (Lipinski definition) is 4. The number of carbonyl (C=O) groups excluding carboxylic acids is 3. The maximum atomic E-state index is 12.4. The molecule has 1 saturated heterocycles. The quantitative estimate of drug-likeness (QED) is 0.0405. The lowest BCUT2D eigenvalue weighted by molar-refractivity contribution is -0.442. The number of rotatable bonds is 23. The van der Waals surface area contributed by atoms with Crippen molar-refractivity contribution in [2.24, 2.45) is 0 Å². The molecule has 2 aromatic rings. The summed E-state index contributed by atoms with van der Waals surface area (Å²) in [6, 6.07) is 8.04. The molecule has 3 aliphatic rings. The highest BCUT2D eigenvalue weighted by Gasteiger charge is 2.48. The Hall–Kier alpha value is -4.70. The van der Waals surface area contributed by atoms with Crippen molar-refractivity contribution >= 4 is 75.3 Å². The van der Waals surface area contributed by atoms with Gasteiger partial charge in [-0.15, -0.1) is 5.06 Å². The Morgan fingerprint density at radius 2 is 1.36 bits per heavy atom. The number of hydroxylamine groups is 2. The third kappa shape index (κ3) is 13.1. The third-order valence-corrected chi connectivity index (χ3v) is 15.1. The molecule has 0 bridgehead atoms. The Morgan fingerprint density at radius 3 is 1.93 bits per heavy atom. The fourth-order valence-corrected chi connectivity index (χ4v) is 10.5. The molecule has 0 aromatic heterocycles. The van der Waals surface area contributed by atoms with E-state index in [9.17, 15) is 66.3 Å². The Labute approximate surface area is 389 Å². The van der Waals surface area contributed by atoms with Crippen molar-refractivity contribution < 1.29 is 85.2 Å². The van der Waals surface area contributed by atoms with E-state index >= 15 is 0 Å². The molecule has 0 aliphatic carbocycles. The monoisotopic (exact) mass is 1020 g/mol. The molecule has 2 unspecified atom stereocenters. The number of anilines is 1. The molecule has 67 heavy (non-hydrogen) atoms. The average molecular weight is 1020 g/mol. The number of imide groups is 1. The normalized spacial score (nSPS) is 21.0. The minimum atomic E-state index is -4.71. The Morgan fingerprint density at radius 1 is 0.791 bits per heavy atom. The van der Waals surface area contributed by atoms with Crippen molar-refractivity contribution in [3.05, 3.63) is 83.1 Å². The lowest BCUT2D eigenvalue weighted by Crippen LogP contribution is -2.33. The lowest BCUT2D eigenvalue weighted by Gasteiger charge is -2.30. The summed E-state index contributed by atoms with van der Waals surface area (Å²) >= 11 is 0. The molecule has 21 nitrogen and oxygen atoms in total. The molecule has 0 radical (unpaired) electrons. The standard InChI is InChI=1S/C42H53N3O18S4/c1-29(7-13-36-41(2,18-5-25-64(49,50)51)32-27-30(66(55,56)57)9-11-34(32)43(36)20-23-61-4)8-14-37-42(3,19-6-26-65(52,53)54)33-28-31(67(58,59)60)10-12-35(33)44(37)21-24-62-22-17-40(48)63-45-38(46)15-16-39(45)47/h7-14,27-28H,5-6,15-26H2,1-4H3,(H3-,49,50,51,52,53,54,55,56,57,58,59,60)/p+1. The van der Waals surface area contributed by atoms with Crippen molar-refractivity contribution in [1.29, 1.82) is 0 Å². The van der Waals surface area contributed by atoms with Gasteiger partial charge in [0.1, 0.15) is 6.61 Å². The number of carbonyl (C=O) groups is 3. The number of amides is 2. The molecule has 3 aliphatic heterocycles. The maximum Gasteiger partial charge on any atom is 0.335 e. The summed E-state index contributed by atoms with van der Waals surface area (Å²) in [5.41, 5.74) is 1.42. The summed E-state index contributed by atoms with van der Waals surface area (Å²) < 4.78 is 149. The molecular formula is C42H54N3O18S4+. The molecule has 0 saturated carbocycles. The summed E-state index contributed by atoms with van der Waals surface area (Å²) in [4.78, 5) is 42.1. The van der Waals surface area contributed by atoms with Gasteiger partial charge in [0.2, 0.25) is 5.69 Å². The van der Waals surface area contributed by atoms with Gasteiger partial charge in [0.05, 0.1) is 46.3 Å². The number of hydrogen-bond acceptors (Lipinski definition) is 15. The average Bonchev–Trinajstić information content (AvgIpc) is 3.75. The Balaban J connectivity index is 1.55. The number of allylic oxidation sites excluding steroid dienone is 6. The molecule has 3 heterocycles. The number of methoxy groups -OCH3 is 1. The van der Waals surface area contributed by atoms with Gasteiger partial charge in [-0.05, 0) is 88.4 Å². The van der Waals surface area contributed by atoms with E-state index in [-0.39, 0.29) is 82.8 Å². The van der Waals surface area contributed by atoms with Crippen LogP contribution in [-0.2, 0) is 80.0 Å². The Bertz CT molecular complexity index is 2860. The van der Waals surface area contributed by atoms with Crippen LogP contribution in [0.3, 0.4) is 0 Å². The van der Waals surface area contributed by atoms with Gasteiger partial charge in [-0.2, -0.15) is 38.2 Å². The van der Waals surface area contributed by atoms with Crippen molar-refractivity contribution in [2.75, 3.05) is 56.4 Å². The van der Waals surface area contributed by atoms with Crippen LogP contribution in [0.2, 0.25) is 0 Å². The first-order valence-electron chi connectivity index (χ1n) is 20.9. The zero-order chi connectivity index (χ0) is 49.8. The summed E-state index contributed by atoms with van der Waals surface area (Å²) in [7, 11) is -16.6. The first-order chi connectivity index (χ1) is 31.1. The Kier molecular flexibility index (Phi) is 16.6. The molecule has 1 fully saturated rings. The van der Waals surface area contributed by atoms with Crippen LogP contribution in [0.4, 0.5) is 11.4 Å². The van der Waals surface area contributed by atoms with Gasteiger partial charge >= 0.3 is 5.97 Å². The second kappa shape index (κ2) is 20.9. The smallest absolute Gasteiger partial charge is 0.335 e. The number of fused-ring (bicyclic) bond motifs is 2. The van der Waals surface area contributed by atoms with E-state index in [0.29, 0.717) is 44.5 Å². The first kappa shape index (κ1) is 53.3. The number of nitrogens with zero attached hydrogens (tertiary/aromatic N) is 3. The second-order valence-electron chi connectivity index (χ2n) is 16.6. The molecule has 2 amide bonds. The van der Waals surface area contributed by atoms with Crippen LogP contribution < -0.4 is 4.90 Å². The van der Waals surface area contributed by atoms with Crippen molar-refractivity contribution in [1.82, 2.24) is 5.06 Å². The van der Waals surface area contributed by atoms with E-state index in [0.717, 1.165) is 0 Å². The summed E-state index contributed by atoms with van der Waals surface area (Å²) in [6.45, 7) is 5.63. The number of ether oxygens (including phenoxy) is 2. The zero-order valence-corrected chi connectivity index (χ0v) is 40.4. The highest BCUT2D eigenvalue weighted by Crippen LogP contribution is 2.51. The molecule has 2 aromatic carbocycles. The highest BCUT2D eigenvalue weighted by molar-refractivity contribution is 7.86. The molecule has 368 valence electrons. The second-order valence-corrected chi connectivity index (χ2v) is 22.6. The van der Waals surface area contributed by atoms with Crippen LogP contribution in [0.5, 0.6) is 0 Å². The lowest BCUT2D eigenvalue weighted by atomic mass is 9.75. The minimum Gasteiger partial charge on any atom is -0.383 e. The maximum absolute atomic E-state index is 12.4. The van der Waals surface area contributed by atoms with Crippen molar-refractivity contribution in [3.8, 4) is 0 Å². The largest absolute Gasteiger partial charge is 0.383 e. The van der Waals surface area contributed by atoms with Crippen molar-refractivity contribution in [3.63, 3.8) is 0 Å². The summed E-state index contributed by atoms with van der Waals surface area (Å²) in [6.07, 6.45) is 6.55. The van der Waals surface area contributed by atoms with Crippen LogP contribution >= 0.6 is 0 Å². The topological polar surface area (TPSA) is 306 Å². The molecule has 25 heteroatoms. The van der Waals surface area contributed by atoms with Crippen LogP contribution in [0.1, 0.15) is 76.8 Å². The summed E-state index contributed by atoms with van der Waals surface area (Å²) in [5.74, 6) is -3.36. The van der Waals surface area contributed by atoms with E-state index in [1.165, 1.54) is 43.5 Å². The van der Waals surface area contributed by atoms with Gasteiger partial charge in [-0.3, -0.25) is 27.8 Å². The van der Waals surface area contributed by atoms with E-state index in [1.54, 1.807) is 49.7 Å². The van der Waals surface area contributed by atoms with E-state index in [1.807, 2.05) is 4.90 Å². The van der Waals surface area contributed by atoms with Crippen molar-refractivity contribution in [2.45, 2.75) is 86.3 Å². The van der Waals surface area contributed by atoms with E-state index in [4.69, 9.17) is 14.3 Å². The molecule has 0 spiro atoms. The van der Waals surface area contributed by atoms with E-state index < -0.39 is 85.5 Å². The highest BCUT2D eigenvalue weighted by atomic mass is 32.2. The van der Waals surface area contributed by atoms with E-state index in [2.05, 4.69) is 0 Å². The van der Waals surface area contributed by atoms with Crippen LogP contribution in [0.25, 0.3) is 0 Å². The molecule has 2 atom stereocenters. The van der Waals surface area contributed by atoms with Gasteiger partial charge < -0.3 is 19.2 Å². The first-order valence-corrected chi connectivity index (χ1v) is 27.0. The zero-order valence-electron chi connectivity index (χ0n) is 37.2. The van der Waals surface area contributed by atoms with Gasteiger partial charge in [-0.25, -0.2) is 4.79 Å². The van der Waals surface area contributed by atoms with Crippen LogP contribution in [0, 0.1) is 0 Å². The SMILES string of the molecule is COCCN1C(=CC=C(C)C=CC2=[N+](CCOCCC(=O)ON3C(=O)CCC3=O)c3ccc(S(=O)(=O)O)cc3C2(C)CCCS(=O)(=O)O)C(C)(CCCS(=O)(=O)O)c2cc(S(=O)(=O)O)ccc21. The predicted octanol–water partition coefficient (Wildman–Crippen LogP) is 3.70. The van der Waals surface area contributed by atoms with Crippen LogP contribution in [-0.4, -0.2) is 137 Å². The molecular weight excluding hydrogens is 963 g/mol. The number of benzene rings is 2. The van der Waals surface area contributed by atoms with Gasteiger partial charge in [0.25, 0.3) is 52.3 Å². The van der Waals surface area contributed by atoms with Gasteiger partial charge in [0, 0.05) is 61.0 Å². The van der Waals surface area contributed by atoms with Crippen LogP contribution in [0.15, 0.2) is 81.8 Å². The fourth-order valence-electron chi connectivity index (χ4n) is 8.49. The fraction of sp³-hybridized carbons (Fsp3) is 0.476. The third-order valence-electron chi connectivity index (χ3n) is 11.8. The molecule has 4 N–H and O–H groups in total. The summed E-state index contributed by atoms with van der Waals surface area (Å²) in [5, 5.41) is 0.423. The molecule has 5 rings (SSSR count). The van der Waals surface area contributed by atoms with Gasteiger partial charge in [-0.1, -0.05) is 17.7 Å².